The van der Waals surface area contributed by atoms with E-state index in [2.05, 4.69) is 5.43 Å². The SMILES string of the molecule is NNC(c1cc(Cl)cc(Cl)c1)C1CCC1. The summed E-state index contributed by atoms with van der Waals surface area (Å²) >= 11 is 11.9. The van der Waals surface area contributed by atoms with Gasteiger partial charge in [0.1, 0.15) is 0 Å². The highest BCUT2D eigenvalue weighted by atomic mass is 35.5. The van der Waals surface area contributed by atoms with Crippen LogP contribution < -0.4 is 11.3 Å². The second-order valence-corrected chi connectivity index (χ2v) is 4.91. The molecule has 0 radical (unpaired) electrons. The van der Waals surface area contributed by atoms with Crippen LogP contribution in [0, 0.1) is 5.92 Å². The van der Waals surface area contributed by atoms with Gasteiger partial charge in [0.05, 0.1) is 0 Å². The van der Waals surface area contributed by atoms with E-state index in [0.29, 0.717) is 16.0 Å². The minimum Gasteiger partial charge on any atom is -0.271 e. The van der Waals surface area contributed by atoms with Crippen LogP contribution in [0.1, 0.15) is 30.9 Å². The van der Waals surface area contributed by atoms with Gasteiger partial charge in [-0.15, -0.1) is 0 Å². The second kappa shape index (κ2) is 4.71. The van der Waals surface area contributed by atoms with Crippen LogP contribution in [0.2, 0.25) is 10.0 Å². The zero-order valence-electron chi connectivity index (χ0n) is 8.34. The second-order valence-electron chi connectivity index (χ2n) is 4.04. The van der Waals surface area contributed by atoms with Gasteiger partial charge in [-0.05, 0) is 42.5 Å². The predicted octanol–water partition coefficient (Wildman–Crippen LogP) is 3.30. The van der Waals surface area contributed by atoms with E-state index < -0.39 is 0 Å². The molecule has 0 aliphatic heterocycles. The van der Waals surface area contributed by atoms with Gasteiger partial charge in [-0.1, -0.05) is 29.6 Å². The van der Waals surface area contributed by atoms with Crippen molar-refractivity contribution < 1.29 is 0 Å². The third-order valence-corrected chi connectivity index (χ3v) is 3.48. The summed E-state index contributed by atoms with van der Waals surface area (Å²) in [7, 11) is 0. The molecule has 2 rings (SSSR count). The summed E-state index contributed by atoms with van der Waals surface area (Å²) in [4.78, 5) is 0. The van der Waals surface area contributed by atoms with Crippen molar-refractivity contribution in [3.05, 3.63) is 33.8 Å². The van der Waals surface area contributed by atoms with Crippen molar-refractivity contribution in [3.8, 4) is 0 Å². The van der Waals surface area contributed by atoms with E-state index in [1.165, 1.54) is 19.3 Å². The van der Waals surface area contributed by atoms with Crippen molar-refractivity contribution >= 4 is 23.2 Å². The molecular formula is C11H14Cl2N2. The topological polar surface area (TPSA) is 38.0 Å². The molecular weight excluding hydrogens is 231 g/mol. The van der Waals surface area contributed by atoms with E-state index in [-0.39, 0.29) is 6.04 Å². The van der Waals surface area contributed by atoms with Gasteiger partial charge in [-0.2, -0.15) is 0 Å². The first-order valence-corrected chi connectivity index (χ1v) is 5.88. The number of nitrogens with one attached hydrogen (secondary N) is 1. The largest absolute Gasteiger partial charge is 0.271 e. The lowest BCUT2D eigenvalue weighted by Gasteiger charge is -2.33. The third-order valence-electron chi connectivity index (χ3n) is 3.04. The van der Waals surface area contributed by atoms with Crippen LogP contribution >= 0.6 is 23.2 Å². The van der Waals surface area contributed by atoms with Crippen molar-refractivity contribution in [2.75, 3.05) is 0 Å². The maximum absolute atomic E-state index is 5.96. The molecule has 0 amide bonds. The first-order chi connectivity index (χ1) is 7.20. The number of halogens is 2. The Labute approximate surface area is 99.7 Å². The molecule has 4 heteroatoms. The molecule has 2 nitrogen and oxygen atoms in total. The van der Waals surface area contributed by atoms with Crippen LogP contribution in [0.3, 0.4) is 0 Å². The monoisotopic (exact) mass is 244 g/mol. The molecule has 0 bridgehead atoms. The summed E-state index contributed by atoms with van der Waals surface area (Å²) in [5.41, 5.74) is 3.94. The summed E-state index contributed by atoms with van der Waals surface area (Å²) in [6, 6.07) is 5.77. The van der Waals surface area contributed by atoms with Crippen molar-refractivity contribution in [3.63, 3.8) is 0 Å². The van der Waals surface area contributed by atoms with Crippen LogP contribution in [0.25, 0.3) is 0 Å². The number of benzene rings is 1. The molecule has 1 aliphatic carbocycles. The summed E-state index contributed by atoms with van der Waals surface area (Å²) in [6.07, 6.45) is 3.73. The average molecular weight is 245 g/mol. The first kappa shape index (κ1) is 11.2. The maximum Gasteiger partial charge on any atom is 0.0489 e. The Morgan fingerprint density at radius 1 is 1.20 bits per heavy atom. The molecule has 1 saturated carbocycles. The summed E-state index contributed by atoms with van der Waals surface area (Å²) in [6.45, 7) is 0. The molecule has 1 aromatic rings. The number of hydrazine groups is 1. The Morgan fingerprint density at radius 3 is 2.20 bits per heavy atom. The van der Waals surface area contributed by atoms with Crippen molar-refractivity contribution in [1.82, 2.24) is 5.43 Å². The van der Waals surface area contributed by atoms with E-state index in [1.807, 2.05) is 12.1 Å². The molecule has 82 valence electrons. The minimum atomic E-state index is 0.176. The lowest BCUT2D eigenvalue weighted by atomic mass is 9.77. The molecule has 15 heavy (non-hydrogen) atoms. The van der Waals surface area contributed by atoms with E-state index in [9.17, 15) is 0 Å². The highest BCUT2D eigenvalue weighted by molar-refractivity contribution is 6.34. The van der Waals surface area contributed by atoms with Crippen LogP contribution in [-0.2, 0) is 0 Å². The van der Waals surface area contributed by atoms with E-state index in [1.54, 1.807) is 6.07 Å². The minimum absolute atomic E-state index is 0.176. The molecule has 0 saturated heterocycles. The van der Waals surface area contributed by atoms with Gasteiger partial charge in [-0.25, -0.2) is 0 Å². The molecule has 1 unspecified atom stereocenters. The molecule has 1 fully saturated rings. The average Bonchev–Trinajstić information content (AvgIpc) is 2.08. The molecule has 3 N–H and O–H groups in total. The number of nitrogens with two attached hydrogens (primary N) is 1. The maximum atomic E-state index is 5.96. The van der Waals surface area contributed by atoms with Gasteiger partial charge in [0.2, 0.25) is 0 Å². The molecule has 1 aliphatic rings. The number of hydrogen-bond acceptors (Lipinski definition) is 2. The zero-order chi connectivity index (χ0) is 10.8. The number of rotatable bonds is 3. The Bertz CT molecular complexity index is 330. The summed E-state index contributed by atoms with van der Waals surface area (Å²) in [5.74, 6) is 6.19. The van der Waals surface area contributed by atoms with Gasteiger partial charge in [-0.3, -0.25) is 11.3 Å². The Hall–Kier alpha value is -0.280. The van der Waals surface area contributed by atoms with Crippen molar-refractivity contribution in [1.29, 1.82) is 0 Å². The van der Waals surface area contributed by atoms with Crippen LogP contribution in [0.5, 0.6) is 0 Å². The summed E-state index contributed by atoms with van der Waals surface area (Å²) < 4.78 is 0. The predicted molar refractivity (Wildman–Crippen MR) is 63.9 cm³/mol. The first-order valence-electron chi connectivity index (χ1n) is 5.13. The fourth-order valence-corrected chi connectivity index (χ4v) is 2.58. The molecule has 0 aromatic heterocycles. The normalized spacial score (nSPS) is 18.6. The highest BCUT2D eigenvalue weighted by Crippen LogP contribution is 2.38. The summed E-state index contributed by atoms with van der Waals surface area (Å²) in [5, 5.41) is 1.33. The van der Waals surface area contributed by atoms with Gasteiger partial charge < -0.3 is 0 Å². The van der Waals surface area contributed by atoms with Crippen LogP contribution in [0.15, 0.2) is 18.2 Å². The number of hydrogen-bond donors (Lipinski definition) is 2. The lowest BCUT2D eigenvalue weighted by molar-refractivity contribution is 0.232. The third kappa shape index (κ3) is 2.45. The van der Waals surface area contributed by atoms with Crippen molar-refractivity contribution in [2.45, 2.75) is 25.3 Å². The van der Waals surface area contributed by atoms with E-state index in [0.717, 1.165) is 5.56 Å². The van der Waals surface area contributed by atoms with Gasteiger partial charge >= 0.3 is 0 Å². The highest BCUT2D eigenvalue weighted by Gasteiger charge is 2.27. The van der Waals surface area contributed by atoms with E-state index >= 15 is 0 Å². The standard InChI is InChI=1S/C11H14Cl2N2/c12-9-4-8(5-10(13)6-9)11(15-14)7-2-1-3-7/h4-7,11,15H,1-3,14H2. The van der Waals surface area contributed by atoms with Gasteiger partial charge in [0.25, 0.3) is 0 Å². The lowest BCUT2D eigenvalue weighted by Crippen LogP contribution is -2.36. The molecule has 0 heterocycles. The van der Waals surface area contributed by atoms with Gasteiger partial charge in [0, 0.05) is 16.1 Å². The van der Waals surface area contributed by atoms with Crippen LogP contribution in [-0.4, -0.2) is 0 Å². The van der Waals surface area contributed by atoms with Crippen LogP contribution in [0.4, 0.5) is 0 Å². The van der Waals surface area contributed by atoms with Crippen molar-refractivity contribution in [2.24, 2.45) is 11.8 Å². The molecule has 1 aromatic carbocycles. The fraction of sp³-hybridized carbons (Fsp3) is 0.455. The van der Waals surface area contributed by atoms with Gasteiger partial charge in [0.15, 0.2) is 0 Å². The Balaban J connectivity index is 2.24. The molecule has 1 atom stereocenters. The molecule has 0 spiro atoms. The smallest absolute Gasteiger partial charge is 0.0489 e. The Kier molecular flexibility index (Phi) is 3.52. The zero-order valence-corrected chi connectivity index (χ0v) is 9.85. The fourth-order valence-electron chi connectivity index (χ4n) is 2.03. The van der Waals surface area contributed by atoms with E-state index in [4.69, 9.17) is 29.0 Å². The Morgan fingerprint density at radius 2 is 1.80 bits per heavy atom. The quantitative estimate of drug-likeness (QED) is 0.633.